The number of amidine groups is 1. The van der Waals surface area contributed by atoms with E-state index in [0.29, 0.717) is 20.6 Å². The quantitative estimate of drug-likeness (QED) is 0.0864. The average Bonchev–Trinajstić information content (AvgIpc) is 3.71. The van der Waals surface area contributed by atoms with E-state index in [1.807, 2.05) is 0 Å². The van der Waals surface area contributed by atoms with Gasteiger partial charge in [-0.05, 0) is 44.0 Å². The molecule has 3 aromatic rings. The maximum Gasteiger partial charge on any atom is 0.287 e. The maximum atomic E-state index is 12.4. The van der Waals surface area contributed by atoms with E-state index in [-0.39, 0.29) is 49.0 Å². The lowest BCUT2D eigenvalue weighted by Crippen LogP contribution is -2.39. The fourth-order valence-electron chi connectivity index (χ4n) is 3.81. The van der Waals surface area contributed by atoms with Gasteiger partial charge >= 0.3 is 0 Å². The summed E-state index contributed by atoms with van der Waals surface area (Å²) < 4.78 is 32.9. The van der Waals surface area contributed by atoms with E-state index in [4.69, 9.17) is 11.5 Å². The highest BCUT2D eigenvalue weighted by Gasteiger charge is 2.44. The topological polar surface area (TPSA) is 287 Å². The zero-order valence-electron chi connectivity index (χ0n) is 21.9. The minimum absolute atomic E-state index is 0.0153. The molecule has 0 bridgehead atoms. The largest absolute Gasteiger partial charge is 0.370 e. The number of anilines is 1. The van der Waals surface area contributed by atoms with Gasteiger partial charge in [0.1, 0.15) is 15.0 Å². The van der Waals surface area contributed by atoms with Crippen LogP contribution in [-0.2, 0) is 15.7 Å². The first-order valence-corrected chi connectivity index (χ1v) is 15.4. The number of H-pyrrole nitrogens is 3. The molecule has 0 radical (unpaired) electrons. The lowest BCUT2D eigenvalue weighted by Gasteiger charge is -2.22. The summed E-state index contributed by atoms with van der Waals surface area (Å²) in [5.74, 6) is -1.30. The van der Waals surface area contributed by atoms with Crippen LogP contribution in [0.4, 0.5) is 5.95 Å². The van der Waals surface area contributed by atoms with Crippen LogP contribution < -0.4 is 27.4 Å². The number of aliphatic imine (C=N–C) groups is 2. The highest BCUT2D eigenvalue weighted by Crippen LogP contribution is 2.34. The molecule has 11 N–H and O–H groups in total. The van der Waals surface area contributed by atoms with Crippen LogP contribution in [0.5, 0.6) is 0 Å². The minimum Gasteiger partial charge on any atom is -0.370 e. The van der Waals surface area contributed by atoms with Gasteiger partial charge in [0.05, 0.1) is 36.1 Å². The molecule has 2 amide bonds. The Kier molecular flexibility index (Phi) is 9.78. The molecule has 18 nitrogen and oxygen atoms in total. The molecule has 1 aliphatic heterocycles. The molecule has 21 heteroatoms. The molecule has 1 unspecified atom stereocenters. The second kappa shape index (κ2) is 13.3. The number of aromatic amines is 3. The van der Waals surface area contributed by atoms with Crippen LogP contribution in [0.1, 0.15) is 32.6 Å². The van der Waals surface area contributed by atoms with Gasteiger partial charge in [-0.1, -0.05) is 12.2 Å². The fourth-order valence-corrected chi connectivity index (χ4v) is 4.71. The smallest absolute Gasteiger partial charge is 0.287 e. The number of carbonyl (C=O) groups is 2. The van der Waals surface area contributed by atoms with E-state index >= 15 is 0 Å². The van der Waals surface area contributed by atoms with Crippen molar-refractivity contribution in [1.29, 1.82) is 0 Å². The molecular formula is C22H25Br2N13O5S. The second-order valence-corrected chi connectivity index (χ2v) is 12.0. The van der Waals surface area contributed by atoms with Crippen LogP contribution in [0.25, 0.3) is 6.08 Å². The van der Waals surface area contributed by atoms with Crippen molar-refractivity contribution in [3.8, 4) is 0 Å². The van der Waals surface area contributed by atoms with Gasteiger partial charge < -0.3 is 42.4 Å². The Morgan fingerprint density at radius 2 is 1.63 bits per heavy atom. The number of hydrogen-bond acceptors (Lipinski definition) is 11. The van der Waals surface area contributed by atoms with Gasteiger partial charge in [-0.15, -0.1) is 0 Å². The summed E-state index contributed by atoms with van der Waals surface area (Å²) in [6.45, 7) is -0.205. The van der Waals surface area contributed by atoms with Gasteiger partial charge in [-0.2, -0.15) is 8.42 Å². The number of guanidine groups is 1. The predicted octanol–water partition coefficient (Wildman–Crippen LogP) is -0.208. The van der Waals surface area contributed by atoms with Gasteiger partial charge in [0.25, 0.3) is 21.9 Å². The summed E-state index contributed by atoms with van der Waals surface area (Å²) >= 11 is 6.38. The molecule has 0 spiro atoms. The highest BCUT2D eigenvalue weighted by atomic mass is 79.9. The van der Waals surface area contributed by atoms with E-state index in [1.54, 1.807) is 24.3 Å². The molecule has 0 aromatic carbocycles. The SMILES string of the molecule is NC1=NC(/C=C/CNC(=O)c2ncc(Br)[nH]2)(c2[nH]c(N)nc2/C=C/CNC(=O)c2ncc(Br)[nH]2)C(=NCCS(=O)(=O)O)N1. The summed E-state index contributed by atoms with van der Waals surface area (Å²) in [6, 6.07) is 0. The maximum absolute atomic E-state index is 12.4. The third-order valence-electron chi connectivity index (χ3n) is 5.57. The Labute approximate surface area is 260 Å². The number of amides is 2. The molecule has 228 valence electrons. The molecule has 0 saturated carbocycles. The predicted molar refractivity (Wildman–Crippen MR) is 164 cm³/mol. The Bertz CT molecular complexity index is 1740. The standard InChI is InChI=1S/C22H25Br2N13O5S/c23-12-9-30-15(33-12)17(38)27-5-1-3-11-14(35-20(25)32-11)22(4-2-6-28-18(39)16-31-10-13(24)34-16)19(36-21(26)37-22)29-7-8-43(40,41)42/h1-4,9-10H,5-8H2,(H,27,38)(H,28,39)(H,30,33)(H,31,34)(H3,25,32,35)(H,40,41,42)(H3,26,29,36,37)/b3-1+,4-2+. The number of nitrogens with zero attached hydrogens (tertiary/aromatic N) is 5. The normalized spacial score (nSPS) is 17.9. The van der Waals surface area contributed by atoms with Crippen molar-refractivity contribution in [3.05, 3.63) is 62.9 Å². The first kappa shape index (κ1) is 31.6. The zero-order valence-corrected chi connectivity index (χ0v) is 25.9. The lowest BCUT2D eigenvalue weighted by molar-refractivity contribution is 0.0940. The summed E-state index contributed by atoms with van der Waals surface area (Å²) in [5, 5.41) is 8.15. The van der Waals surface area contributed by atoms with Crippen LogP contribution in [0.3, 0.4) is 0 Å². The fraction of sp³-hybridized carbons (Fsp3) is 0.227. The minimum atomic E-state index is -4.31. The Hall–Kier alpha value is -4.34. The molecule has 4 rings (SSSR count). The van der Waals surface area contributed by atoms with Crippen LogP contribution in [-0.4, -0.2) is 91.9 Å². The molecule has 0 aliphatic carbocycles. The van der Waals surface area contributed by atoms with E-state index in [2.05, 4.69) is 87.7 Å². The first-order valence-electron chi connectivity index (χ1n) is 12.2. The van der Waals surface area contributed by atoms with Crippen molar-refractivity contribution >= 4 is 77.6 Å². The summed E-state index contributed by atoms with van der Waals surface area (Å²) in [6.07, 6.45) is 9.21. The lowest BCUT2D eigenvalue weighted by atomic mass is 9.92. The van der Waals surface area contributed by atoms with Crippen LogP contribution >= 0.6 is 31.9 Å². The number of carbonyl (C=O) groups excluding carboxylic acids is 2. The zero-order chi connectivity index (χ0) is 31.2. The van der Waals surface area contributed by atoms with Gasteiger partial charge in [0, 0.05) is 13.1 Å². The number of nitrogen functional groups attached to an aromatic ring is 1. The van der Waals surface area contributed by atoms with E-state index in [9.17, 15) is 22.6 Å². The molecule has 43 heavy (non-hydrogen) atoms. The Balaban J connectivity index is 1.61. The number of imidazole rings is 3. The summed E-state index contributed by atoms with van der Waals surface area (Å²) in [5.41, 5.74) is 11.1. The number of hydrogen-bond donors (Lipinski definition) is 9. The number of nitrogens with two attached hydrogens (primary N) is 2. The average molecular weight is 743 g/mol. The van der Waals surface area contributed by atoms with Crippen molar-refractivity contribution < 1.29 is 22.6 Å². The Morgan fingerprint density at radius 3 is 2.19 bits per heavy atom. The number of aromatic nitrogens is 6. The third kappa shape index (κ3) is 8.15. The van der Waals surface area contributed by atoms with Gasteiger partial charge in [-0.3, -0.25) is 19.1 Å². The number of rotatable bonds is 12. The molecule has 1 atom stereocenters. The van der Waals surface area contributed by atoms with Crippen molar-refractivity contribution in [2.24, 2.45) is 15.7 Å². The highest BCUT2D eigenvalue weighted by molar-refractivity contribution is 9.10. The van der Waals surface area contributed by atoms with Crippen LogP contribution in [0.2, 0.25) is 0 Å². The molecule has 0 saturated heterocycles. The summed E-state index contributed by atoms with van der Waals surface area (Å²) in [4.78, 5) is 54.1. The van der Waals surface area contributed by atoms with Crippen molar-refractivity contribution in [3.63, 3.8) is 0 Å². The van der Waals surface area contributed by atoms with E-state index < -0.39 is 33.2 Å². The monoisotopic (exact) mass is 741 g/mol. The Morgan fingerprint density at radius 1 is 1.02 bits per heavy atom. The molecular weight excluding hydrogens is 718 g/mol. The van der Waals surface area contributed by atoms with Crippen molar-refractivity contribution in [2.45, 2.75) is 5.54 Å². The van der Waals surface area contributed by atoms with Crippen molar-refractivity contribution in [1.82, 2.24) is 45.9 Å². The van der Waals surface area contributed by atoms with Crippen LogP contribution in [0.15, 0.2) is 49.8 Å². The first-order chi connectivity index (χ1) is 20.4. The molecule has 0 fully saturated rings. The van der Waals surface area contributed by atoms with E-state index in [1.165, 1.54) is 12.4 Å². The molecule has 3 aromatic heterocycles. The van der Waals surface area contributed by atoms with Gasteiger partial charge in [0.2, 0.25) is 0 Å². The third-order valence-corrected chi connectivity index (χ3v) is 7.07. The van der Waals surface area contributed by atoms with Crippen molar-refractivity contribution in [2.75, 3.05) is 31.1 Å². The van der Waals surface area contributed by atoms with Gasteiger partial charge in [0.15, 0.2) is 29.1 Å². The van der Waals surface area contributed by atoms with Crippen LogP contribution in [0, 0.1) is 0 Å². The van der Waals surface area contributed by atoms with E-state index in [0.717, 1.165) is 0 Å². The molecule has 4 heterocycles. The number of nitrogens with one attached hydrogen (secondary N) is 6. The number of halogens is 2. The molecule has 1 aliphatic rings. The second-order valence-electron chi connectivity index (χ2n) is 8.67. The summed E-state index contributed by atoms with van der Waals surface area (Å²) in [7, 11) is -4.31. The van der Waals surface area contributed by atoms with Gasteiger partial charge in [-0.25, -0.2) is 19.9 Å².